The lowest BCUT2D eigenvalue weighted by Crippen LogP contribution is -2.45. The highest BCUT2D eigenvalue weighted by atomic mass is 16.3. The van der Waals surface area contributed by atoms with Crippen LogP contribution in [0.2, 0.25) is 0 Å². The van der Waals surface area contributed by atoms with E-state index in [-0.39, 0.29) is 18.4 Å². The van der Waals surface area contributed by atoms with Gasteiger partial charge in [-0.2, -0.15) is 4.98 Å². The Morgan fingerprint density at radius 2 is 2.10 bits per heavy atom. The third-order valence-electron chi connectivity index (χ3n) is 3.87. The molecular formula is C14H21N3O3. The quantitative estimate of drug-likeness (QED) is 0.744. The van der Waals surface area contributed by atoms with Crippen molar-refractivity contribution < 1.29 is 9.90 Å². The van der Waals surface area contributed by atoms with Crippen molar-refractivity contribution >= 4 is 5.91 Å². The molecule has 1 aliphatic carbocycles. The molecule has 1 aromatic heterocycles. The number of carbonyl (C=O) groups is 1. The molecule has 1 aromatic rings. The van der Waals surface area contributed by atoms with E-state index in [1.54, 1.807) is 13.8 Å². The summed E-state index contributed by atoms with van der Waals surface area (Å²) in [5, 5.41) is 12.7. The average Bonchev–Trinajstić information content (AvgIpc) is 2.36. The Hall–Kier alpha value is -1.69. The van der Waals surface area contributed by atoms with Crippen LogP contribution in [-0.2, 0) is 11.2 Å². The van der Waals surface area contributed by atoms with Crippen LogP contribution in [0.5, 0.6) is 0 Å². The maximum absolute atomic E-state index is 12.1. The Morgan fingerprint density at radius 1 is 1.40 bits per heavy atom. The number of nitrogens with zero attached hydrogens (tertiary/aromatic N) is 1. The van der Waals surface area contributed by atoms with E-state index in [4.69, 9.17) is 0 Å². The van der Waals surface area contributed by atoms with Crippen molar-refractivity contribution in [1.82, 2.24) is 15.3 Å². The van der Waals surface area contributed by atoms with E-state index in [0.29, 0.717) is 11.4 Å². The number of aromatic amines is 1. The van der Waals surface area contributed by atoms with Gasteiger partial charge in [-0.1, -0.05) is 12.8 Å². The smallest absolute Gasteiger partial charge is 0.345 e. The molecule has 0 spiro atoms. The van der Waals surface area contributed by atoms with Crippen LogP contribution in [0.25, 0.3) is 0 Å². The van der Waals surface area contributed by atoms with E-state index in [2.05, 4.69) is 15.3 Å². The average molecular weight is 279 g/mol. The minimum absolute atomic E-state index is 0.143. The number of aliphatic hydroxyl groups excluding tert-OH is 1. The van der Waals surface area contributed by atoms with E-state index in [1.807, 2.05) is 0 Å². The summed E-state index contributed by atoms with van der Waals surface area (Å²) < 4.78 is 0. The Morgan fingerprint density at radius 3 is 2.75 bits per heavy atom. The number of aromatic nitrogens is 2. The second-order valence-corrected chi connectivity index (χ2v) is 5.43. The number of hydrogen-bond donors (Lipinski definition) is 3. The minimum atomic E-state index is -0.455. The fraction of sp³-hybridized carbons (Fsp3) is 0.643. The molecule has 20 heavy (non-hydrogen) atoms. The first-order chi connectivity index (χ1) is 9.47. The molecular weight excluding hydrogens is 258 g/mol. The van der Waals surface area contributed by atoms with Crippen molar-refractivity contribution in [2.24, 2.45) is 0 Å². The predicted molar refractivity (Wildman–Crippen MR) is 74.4 cm³/mol. The van der Waals surface area contributed by atoms with Gasteiger partial charge in [0.15, 0.2) is 0 Å². The van der Waals surface area contributed by atoms with Crippen LogP contribution in [0, 0.1) is 13.8 Å². The van der Waals surface area contributed by atoms with E-state index in [0.717, 1.165) is 31.2 Å². The van der Waals surface area contributed by atoms with Crippen LogP contribution in [0.15, 0.2) is 4.79 Å². The number of carbonyl (C=O) groups excluding carboxylic acids is 1. The van der Waals surface area contributed by atoms with Gasteiger partial charge in [-0.3, -0.25) is 4.79 Å². The van der Waals surface area contributed by atoms with Crippen LogP contribution in [-0.4, -0.2) is 33.1 Å². The van der Waals surface area contributed by atoms with Crippen LogP contribution in [0.1, 0.15) is 42.6 Å². The van der Waals surface area contributed by atoms with Gasteiger partial charge in [-0.25, -0.2) is 4.79 Å². The molecule has 1 amide bonds. The van der Waals surface area contributed by atoms with Gasteiger partial charge >= 0.3 is 5.69 Å². The minimum Gasteiger partial charge on any atom is -0.391 e. The molecule has 110 valence electrons. The number of rotatable bonds is 3. The molecule has 1 heterocycles. The molecule has 2 atom stereocenters. The molecule has 0 saturated heterocycles. The SMILES string of the molecule is Cc1nc(=O)[nH]c(C)c1CC(=O)N[C@H]1CCCC[C@@H]1O. The van der Waals surface area contributed by atoms with Gasteiger partial charge in [-0.05, 0) is 26.7 Å². The zero-order valence-corrected chi connectivity index (χ0v) is 11.9. The molecule has 3 N–H and O–H groups in total. The summed E-state index contributed by atoms with van der Waals surface area (Å²) in [7, 11) is 0. The zero-order chi connectivity index (χ0) is 14.7. The van der Waals surface area contributed by atoms with Crippen molar-refractivity contribution in [2.75, 3.05) is 0 Å². The highest BCUT2D eigenvalue weighted by Gasteiger charge is 2.24. The zero-order valence-electron chi connectivity index (χ0n) is 11.9. The molecule has 0 radical (unpaired) electrons. The molecule has 2 rings (SSSR count). The highest BCUT2D eigenvalue weighted by molar-refractivity contribution is 5.79. The molecule has 0 bridgehead atoms. The summed E-state index contributed by atoms with van der Waals surface area (Å²) >= 11 is 0. The van der Waals surface area contributed by atoms with Gasteiger partial charge in [0.1, 0.15) is 0 Å². The number of amides is 1. The lowest BCUT2D eigenvalue weighted by atomic mass is 9.92. The second kappa shape index (κ2) is 6.17. The lowest BCUT2D eigenvalue weighted by Gasteiger charge is -2.28. The van der Waals surface area contributed by atoms with Gasteiger partial charge in [0, 0.05) is 17.0 Å². The third kappa shape index (κ3) is 3.45. The number of aryl methyl sites for hydroxylation is 2. The third-order valence-corrected chi connectivity index (χ3v) is 3.87. The van der Waals surface area contributed by atoms with E-state index < -0.39 is 11.8 Å². The second-order valence-electron chi connectivity index (χ2n) is 5.43. The van der Waals surface area contributed by atoms with Crippen LogP contribution < -0.4 is 11.0 Å². The van der Waals surface area contributed by atoms with Crippen molar-refractivity contribution in [3.63, 3.8) is 0 Å². The Bertz CT molecular complexity index is 527. The molecule has 0 aromatic carbocycles. The standard InChI is InChI=1S/C14H21N3O3/c1-8-10(9(2)16-14(20)15-8)7-13(19)17-11-5-3-4-6-12(11)18/h11-12,18H,3-7H2,1-2H3,(H,17,19)(H,15,16,20)/t11-,12-/m0/s1. The first-order valence-electron chi connectivity index (χ1n) is 7.01. The predicted octanol–water partition coefficient (Wildman–Crippen LogP) is 0.349. The van der Waals surface area contributed by atoms with Crippen molar-refractivity contribution in [3.8, 4) is 0 Å². The number of nitrogens with one attached hydrogen (secondary N) is 2. The maximum Gasteiger partial charge on any atom is 0.345 e. The first kappa shape index (κ1) is 14.7. The Kier molecular flexibility index (Phi) is 4.54. The monoisotopic (exact) mass is 279 g/mol. The van der Waals surface area contributed by atoms with E-state index in [1.165, 1.54) is 0 Å². The van der Waals surface area contributed by atoms with Crippen LogP contribution >= 0.6 is 0 Å². The summed E-state index contributed by atoms with van der Waals surface area (Å²) in [6.45, 7) is 3.48. The van der Waals surface area contributed by atoms with E-state index in [9.17, 15) is 14.7 Å². The molecule has 1 fully saturated rings. The van der Waals surface area contributed by atoms with Crippen molar-refractivity contribution in [3.05, 3.63) is 27.4 Å². The molecule has 6 nitrogen and oxygen atoms in total. The van der Waals surface area contributed by atoms with Gasteiger partial charge in [0.2, 0.25) is 5.91 Å². The van der Waals surface area contributed by atoms with Gasteiger partial charge in [0.05, 0.1) is 18.6 Å². The Labute approximate surface area is 117 Å². The summed E-state index contributed by atoms with van der Waals surface area (Å²) in [4.78, 5) is 29.7. The fourth-order valence-corrected chi connectivity index (χ4v) is 2.71. The first-order valence-corrected chi connectivity index (χ1v) is 7.01. The highest BCUT2D eigenvalue weighted by Crippen LogP contribution is 2.18. The summed E-state index contributed by atoms with van der Waals surface area (Å²) in [5.74, 6) is -0.143. The molecule has 0 aliphatic heterocycles. The van der Waals surface area contributed by atoms with Gasteiger partial charge in [-0.15, -0.1) is 0 Å². The Balaban J connectivity index is 2.03. The largest absolute Gasteiger partial charge is 0.391 e. The summed E-state index contributed by atoms with van der Waals surface area (Å²) in [6.07, 6.45) is 3.31. The fourth-order valence-electron chi connectivity index (χ4n) is 2.71. The lowest BCUT2D eigenvalue weighted by molar-refractivity contribution is -0.122. The normalized spacial score (nSPS) is 22.6. The molecule has 1 aliphatic rings. The molecule has 6 heteroatoms. The maximum atomic E-state index is 12.1. The van der Waals surface area contributed by atoms with E-state index >= 15 is 0 Å². The van der Waals surface area contributed by atoms with Crippen LogP contribution in [0.4, 0.5) is 0 Å². The summed E-state index contributed by atoms with van der Waals surface area (Å²) in [5.41, 5.74) is 1.59. The number of H-pyrrole nitrogens is 1. The molecule has 0 unspecified atom stereocenters. The van der Waals surface area contributed by atoms with Crippen LogP contribution in [0.3, 0.4) is 0 Å². The number of aliphatic hydroxyl groups is 1. The van der Waals surface area contributed by atoms with Gasteiger partial charge < -0.3 is 15.4 Å². The molecule has 1 saturated carbocycles. The van der Waals surface area contributed by atoms with Gasteiger partial charge in [0.25, 0.3) is 0 Å². The topological polar surface area (TPSA) is 95.1 Å². The number of hydrogen-bond acceptors (Lipinski definition) is 4. The van der Waals surface area contributed by atoms with Crippen molar-refractivity contribution in [1.29, 1.82) is 0 Å². The van der Waals surface area contributed by atoms with Crippen molar-refractivity contribution in [2.45, 2.75) is 58.1 Å². The summed E-state index contributed by atoms with van der Waals surface area (Å²) in [6, 6.07) is -0.160.